The topological polar surface area (TPSA) is 43.8 Å². The number of hydrogen-bond acceptors (Lipinski definition) is 2. The van der Waals surface area contributed by atoms with Gasteiger partial charge in [0.15, 0.2) is 0 Å². The Morgan fingerprint density at radius 1 is 1.44 bits per heavy atom. The summed E-state index contributed by atoms with van der Waals surface area (Å²) in [5.41, 5.74) is 7.58. The van der Waals surface area contributed by atoms with Crippen LogP contribution in [0.15, 0.2) is 48.8 Å². The van der Waals surface area contributed by atoms with Crippen molar-refractivity contribution in [2.24, 2.45) is 0 Å². The SMILES string of the molecule is C/C=C/Cn1ccnc1-c1cccc(N)c1. The van der Waals surface area contributed by atoms with Crippen LogP contribution in [0.1, 0.15) is 6.92 Å². The Bertz CT molecular complexity index is 497. The first kappa shape index (κ1) is 10.5. The lowest BCUT2D eigenvalue weighted by molar-refractivity contribution is 0.829. The van der Waals surface area contributed by atoms with Crippen LogP contribution in [0.3, 0.4) is 0 Å². The molecule has 0 fully saturated rings. The van der Waals surface area contributed by atoms with Crippen LogP contribution < -0.4 is 5.73 Å². The number of anilines is 1. The fourth-order valence-corrected chi connectivity index (χ4v) is 1.61. The first-order chi connectivity index (χ1) is 7.81. The minimum absolute atomic E-state index is 0.762. The van der Waals surface area contributed by atoms with Gasteiger partial charge in [0.05, 0.1) is 0 Å². The Kier molecular flexibility index (Phi) is 3.05. The third-order valence-corrected chi connectivity index (χ3v) is 2.40. The zero-order chi connectivity index (χ0) is 11.4. The second-order valence-electron chi connectivity index (χ2n) is 3.60. The molecule has 1 aromatic heterocycles. The average Bonchev–Trinajstić information content (AvgIpc) is 2.74. The predicted molar refractivity (Wildman–Crippen MR) is 66.9 cm³/mol. The van der Waals surface area contributed by atoms with Crippen LogP contribution in [0.4, 0.5) is 5.69 Å². The highest BCUT2D eigenvalue weighted by molar-refractivity contribution is 5.61. The average molecular weight is 213 g/mol. The van der Waals surface area contributed by atoms with Gasteiger partial charge in [0.25, 0.3) is 0 Å². The summed E-state index contributed by atoms with van der Waals surface area (Å²) < 4.78 is 2.09. The first-order valence-electron chi connectivity index (χ1n) is 5.29. The Hall–Kier alpha value is -2.03. The molecule has 3 nitrogen and oxygen atoms in total. The zero-order valence-corrected chi connectivity index (χ0v) is 9.30. The normalized spacial score (nSPS) is 11.1. The number of hydrogen-bond donors (Lipinski definition) is 1. The van der Waals surface area contributed by atoms with E-state index in [-0.39, 0.29) is 0 Å². The van der Waals surface area contributed by atoms with Gasteiger partial charge >= 0.3 is 0 Å². The van der Waals surface area contributed by atoms with E-state index >= 15 is 0 Å². The minimum Gasteiger partial charge on any atom is -0.399 e. The number of allylic oxidation sites excluding steroid dienone is 2. The smallest absolute Gasteiger partial charge is 0.140 e. The number of rotatable bonds is 3. The highest BCUT2D eigenvalue weighted by Gasteiger charge is 2.04. The van der Waals surface area contributed by atoms with E-state index in [9.17, 15) is 0 Å². The maximum atomic E-state index is 5.76. The van der Waals surface area contributed by atoms with E-state index in [0.29, 0.717) is 0 Å². The third-order valence-electron chi connectivity index (χ3n) is 2.40. The lowest BCUT2D eigenvalue weighted by Gasteiger charge is -2.05. The first-order valence-corrected chi connectivity index (χ1v) is 5.29. The Labute approximate surface area is 95.2 Å². The van der Waals surface area contributed by atoms with E-state index in [1.54, 1.807) is 0 Å². The van der Waals surface area contributed by atoms with Gasteiger partial charge in [-0.3, -0.25) is 0 Å². The molecule has 2 aromatic rings. The lowest BCUT2D eigenvalue weighted by Crippen LogP contribution is -1.97. The summed E-state index contributed by atoms with van der Waals surface area (Å²) in [5, 5.41) is 0. The van der Waals surface area contributed by atoms with Crippen LogP contribution in [0.25, 0.3) is 11.4 Å². The molecular formula is C13H15N3. The number of aromatic nitrogens is 2. The van der Waals surface area contributed by atoms with Gasteiger partial charge in [0, 0.05) is 30.2 Å². The molecule has 0 spiro atoms. The number of benzene rings is 1. The quantitative estimate of drug-likeness (QED) is 0.629. The molecule has 1 heterocycles. The van der Waals surface area contributed by atoms with Crippen molar-refractivity contribution in [1.29, 1.82) is 0 Å². The van der Waals surface area contributed by atoms with Gasteiger partial charge in [-0.1, -0.05) is 24.3 Å². The molecule has 0 atom stereocenters. The molecule has 3 heteroatoms. The predicted octanol–water partition coefficient (Wildman–Crippen LogP) is 2.71. The summed E-state index contributed by atoms with van der Waals surface area (Å²) >= 11 is 0. The molecule has 0 radical (unpaired) electrons. The van der Waals surface area contributed by atoms with E-state index in [1.165, 1.54) is 0 Å². The van der Waals surface area contributed by atoms with Crippen molar-refractivity contribution in [3.8, 4) is 11.4 Å². The molecule has 2 N–H and O–H groups in total. The van der Waals surface area contributed by atoms with Crippen molar-refractivity contribution >= 4 is 5.69 Å². The van der Waals surface area contributed by atoms with E-state index < -0.39 is 0 Å². The Morgan fingerprint density at radius 2 is 2.31 bits per heavy atom. The fourth-order valence-electron chi connectivity index (χ4n) is 1.61. The van der Waals surface area contributed by atoms with Crippen LogP contribution in [0.5, 0.6) is 0 Å². The monoisotopic (exact) mass is 213 g/mol. The summed E-state index contributed by atoms with van der Waals surface area (Å²) in [7, 11) is 0. The molecule has 2 rings (SSSR count). The molecule has 0 amide bonds. The summed E-state index contributed by atoms with van der Waals surface area (Å²) in [6.07, 6.45) is 7.90. The van der Waals surface area contributed by atoms with Crippen LogP contribution in [-0.4, -0.2) is 9.55 Å². The van der Waals surface area contributed by atoms with Crippen molar-refractivity contribution in [3.63, 3.8) is 0 Å². The van der Waals surface area contributed by atoms with Crippen molar-refractivity contribution in [3.05, 3.63) is 48.8 Å². The molecular weight excluding hydrogens is 198 g/mol. The maximum Gasteiger partial charge on any atom is 0.140 e. The zero-order valence-electron chi connectivity index (χ0n) is 9.30. The van der Waals surface area contributed by atoms with E-state index in [4.69, 9.17) is 5.73 Å². The fraction of sp³-hybridized carbons (Fsp3) is 0.154. The molecule has 1 aromatic carbocycles. The third kappa shape index (κ3) is 2.14. The van der Waals surface area contributed by atoms with Gasteiger partial charge in [-0.2, -0.15) is 0 Å². The molecule has 0 bridgehead atoms. The van der Waals surface area contributed by atoms with Crippen LogP contribution in [0.2, 0.25) is 0 Å². The van der Waals surface area contributed by atoms with Crippen molar-refractivity contribution in [2.75, 3.05) is 5.73 Å². The number of nitrogens with two attached hydrogens (primary N) is 1. The summed E-state index contributed by atoms with van der Waals surface area (Å²) in [5.74, 6) is 0.949. The van der Waals surface area contributed by atoms with Crippen LogP contribution >= 0.6 is 0 Å². The number of nitrogens with zero attached hydrogens (tertiary/aromatic N) is 2. The molecule has 0 aliphatic heterocycles. The molecule has 0 aliphatic carbocycles. The van der Waals surface area contributed by atoms with E-state index in [2.05, 4.69) is 15.6 Å². The summed E-state index contributed by atoms with van der Waals surface area (Å²) in [6.45, 7) is 2.84. The molecule has 16 heavy (non-hydrogen) atoms. The second kappa shape index (κ2) is 4.66. The van der Waals surface area contributed by atoms with E-state index in [1.807, 2.05) is 49.7 Å². The van der Waals surface area contributed by atoms with Crippen molar-refractivity contribution in [1.82, 2.24) is 9.55 Å². The maximum absolute atomic E-state index is 5.76. The highest BCUT2D eigenvalue weighted by atomic mass is 15.1. The van der Waals surface area contributed by atoms with Gasteiger partial charge in [-0.25, -0.2) is 4.98 Å². The minimum atomic E-state index is 0.762. The molecule has 0 saturated carbocycles. The molecule has 0 saturated heterocycles. The van der Waals surface area contributed by atoms with Gasteiger partial charge in [0.1, 0.15) is 5.82 Å². The molecule has 0 aliphatic rings. The van der Waals surface area contributed by atoms with Crippen molar-refractivity contribution in [2.45, 2.75) is 13.5 Å². The molecule has 0 unspecified atom stereocenters. The van der Waals surface area contributed by atoms with Gasteiger partial charge in [0.2, 0.25) is 0 Å². The highest BCUT2D eigenvalue weighted by Crippen LogP contribution is 2.19. The second-order valence-corrected chi connectivity index (χ2v) is 3.60. The standard InChI is InChI=1S/C13H15N3/c1-2-3-8-16-9-7-15-13(16)11-5-4-6-12(14)10-11/h2-7,9-10H,8,14H2,1H3/b3-2+. The Morgan fingerprint density at radius 3 is 3.06 bits per heavy atom. The number of imidazole rings is 1. The van der Waals surface area contributed by atoms with Crippen molar-refractivity contribution < 1.29 is 0 Å². The van der Waals surface area contributed by atoms with Crippen LogP contribution in [-0.2, 0) is 6.54 Å². The lowest BCUT2D eigenvalue weighted by atomic mass is 10.2. The largest absolute Gasteiger partial charge is 0.399 e. The van der Waals surface area contributed by atoms with Gasteiger partial charge in [-0.05, 0) is 19.1 Å². The summed E-state index contributed by atoms with van der Waals surface area (Å²) in [4.78, 5) is 4.35. The molecule has 82 valence electrons. The Balaban J connectivity index is 2.36. The van der Waals surface area contributed by atoms with E-state index in [0.717, 1.165) is 23.6 Å². The van der Waals surface area contributed by atoms with Gasteiger partial charge < -0.3 is 10.3 Å². The van der Waals surface area contributed by atoms with Crippen LogP contribution in [0, 0.1) is 0 Å². The summed E-state index contributed by atoms with van der Waals surface area (Å²) in [6, 6.07) is 7.78. The number of nitrogen functional groups attached to an aromatic ring is 1. The van der Waals surface area contributed by atoms with Gasteiger partial charge in [-0.15, -0.1) is 0 Å².